The van der Waals surface area contributed by atoms with E-state index < -0.39 is 0 Å². The molecule has 1 fully saturated rings. The van der Waals surface area contributed by atoms with Crippen LogP contribution in [0.2, 0.25) is 0 Å². The van der Waals surface area contributed by atoms with E-state index in [9.17, 15) is 0 Å². The van der Waals surface area contributed by atoms with E-state index in [2.05, 4.69) is 33.9 Å². The highest BCUT2D eigenvalue weighted by molar-refractivity contribution is 9.10. The number of likely N-dealkylation sites (N-methyl/N-ethyl adjacent to an activating group) is 1. The summed E-state index contributed by atoms with van der Waals surface area (Å²) in [5, 5.41) is 0. The quantitative estimate of drug-likeness (QED) is 0.929. The average molecular weight is 313 g/mol. The molecule has 1 aliphatic carbocycles. The predicted octanol–water partition coefficient (Wildman–Crippen LogP) is 2.77. The molecular formula is C14H21BrN2O. The van der Waals surface area contributed by atoms with Crippen molar-refractivity contribution in [2.24, 2.45) is 5.73 Å². The van der Waals surface area contributed by atoms with Gasteiger partial charge in [-0.25, -0.2) is 0 Å². The molecule has 0 spiro atoms. The second kappa shape index (κ2) is 6.04. The van der Waals surface area contributed by atoms with Gasteiger partial charge in [-0.15, -0.1) is 0 Å². The Bertz CT molecular complexity index is 411. The third-order valence-corrected chi connectivity index (χ3v) is 4.25. The fourth-order valence-electron chi connectivity index (χ4n) is 2.77. The highest BCUT2D eigenvalue weighted by atomic mass is 79.9. The van der Waals surface area contributed by atoms with Crippen molar-refractivity contribution < 1.29 is 4.74 Å². The first kappa shape index (κ1) is 13.8. The van der Waals surface area contributed by atoms with Crippen molar-refractivity contribution in [3.63, 3.8) is 0 Å². The van der Waals surface area contributed by atoms with Crippen LogP contribution in [-0.4, -0.2) is 31.1 Å². The van der Waals surface area contributed by atoms with Crippen molar-refractivity contribution in [2.75, 3.05) is 14.2 Å². The van der Waals surface area contributed by atoms with Gasteiger partial charge in [-0.2, -0.15) is 0 Å². The van der Waals surface area contributed by atoms with E-state index in [0.717, 1.165) is 23.2 Å². The van der Waals surface area contributed by atoms with Crippen LogP contribution in [0, 0.1) is 0 Å². The van der Waals surface area contributed by atoms with Gasteiger partial charge in [0.05, 0.1) is 7.11 Å². The summed E-state index contributed by atoms with van der Waals surface area (Å²) < 4.78 is 6.50. The number of hydrogen-bond acceptors (Lipinski definition) is 3. The Labute approximate surface area is 117 Å². The molecule has 1 aromatic rings. The smallest absolute Gasteiger partial charge is 0.123 e. The number of halogens is 1. The largest absolute Gasteiger partial charge is 0.496 e. The van der Waals surface area contributed by atoms with Gasteiger partial charge in [-0.1, -0.05) is 22.4 Å². The van der Waals surface area contributed by atoms with Gasteiger partial charge in [0.2, 0.25) is 0 Å². The molecule has 1 aromatic carbocycles. The number of hydrogen-bond donors (Lipinski definition) is 1. The van der Waals surface area contributed by atoms with Crippen LogP contribution in [-0.2, 0) is 6.54 Å². The number of benzene rings is 1. The Morgan fingerprint density at radius 2 is 2.22 bits per heavy atom. The van der Waals surface area contributed by atoms with Crippen molar-refractivity contribution in [2.45, 2.75) is 37.9 Å². The van der Waals surface area contributed by atoms with E-state index in [1.54, 1.807) is 7.11 Å². The predicted molar refractivity (Wildman–Crippen MR) is 77.8 cm³/mol. The molecule has 0 aromatic heterocycles. The van der Waals surface area contributed by atoms with Crippen LogP contribution in [0.15, 0.2) is 22.7 Å². The third-order valence-electron chi connectivity index (χ3n) is 3.76. The molecule has 100 valence electrons. The minimum Gasteiger partial charge on any atom is -0.496 e. The second-order valence-electron chi connectivity index (χ2n) is 5.03. The van der Waals surface area contributed by atoms with Gasteiger partial charge in [0.15, 0.2) is 0 Å². The fourth-order valence-corrected chi connectivity index (χ4v) is 3.18. The molecule has 0 amide bonds. The minimum atomic E-state index is 0.313. The van der Waals surface area contributed by atoms with E-state index in [4.69, 9.17) is 10.5 Å². The molecule has 2 atom stereocenters. The Kier molecular flexibility index (Phi) is 4.65. The van der Waals surface area contributed by atoms with Gasteiger partial charge in [-0.05, 0) is 38.1 Å². The molecule has 2 rings (SSSR count). The van der Waals surface area contributed by atoms with Gasteiger partial charge in [0.1, 0.15) is 5.75 Å². The van der Waals surface area contributed by atoms with Gasteiger partial charge in [0, 0.05) is 28.7 Å². The molecule has 0 saturated heterocycles. The maximum Gasteiger partial charge on any atom is 0.123 e. The highest BCUT2D eigenvalue weighted by Crippen LogP contribution is 2.27. The molecule has 18 heavy (non-hydrogen) atoms. The van der Waals surface area contributed by atoms with Crippen molar-refractivity contribution in [3.8, 4) is 5.75 Å². The van der Waals surface area contributed by atoms with Crippen LogP contribution in [0.4, 0.5) is 0 Å². The van der Waals surface area contributed by atoms with Crippen LogP contribution in [0.3, 0.4) is 0 Å². The van der Waals surface area contributed by atoms with E-state index >= 15 is 0 Å². The van der Waals surface area contributed by atoms with Gasteiger partial charge >= 0.3 is 0 Å². The molecular weight excluding hydrogens is 292 g/mol. The van der Waals surface area contributed by atoms with Gasteiger partial charge in [0.25, 0.3) is 0 Å². The van der Waals surface area contributed by atoms with Crippen molar-refractivity contribution in [1.29, 1.82) is 0 Å². The van der Waals surface area contributed by atoms with E-state index in [-0.39, 0.29) is 0 Å². The summed E-state index contributed by atoms with van der Waals surface area (Å²) in [6.07, 6.45) is 3.59. The van der Waals surface area contributed by atoms with Crippen LogP contribution in [0.5, 0.6) is 5.75 Å². The highest BCUT2D eigenvalue weighted by Gasteiger charge is 2.27. The molecule has 2 unspecified atom stereocenters. The Balaban J connectivity index is 2.10. The molecule has 0 bridgehead atoms. The standard InChI is InChI=1S/C14H21BrN2O/c1-17(13-5-3-4-12(13)16)9-10-8-11(15)6-7-14(10)18-2/h6-8,12-13H,3-5,9,16H2,1-2H3. The zero-order chi connectivity index (χ0) is 13.1. The first-order valence-corrected chi connectivity index (χ1v) is 7.19. The molecule has 2 N–H and O–H groups in total. The zero-order valence-electron chi connectivity index (χ0n) is 11.0. The number of nitrogens with two attached hydrogens (primary N) is 1. The summed E-state index contributed by atoms with van der Waals surface area (Å²) in [4.78, 5) is 2.35. The summed E-state index contributed by atoms with van der Waals surface area (Å²) in [6, 6.07) is 6.93. The Hall–Kier alpha value is -0.580. The van der Waals surface area contributed by atoms with Crippen molar-refractivity contribution in [1.82, 2.24) is 4.90 Å². The average Bonchev–Trinajstić information content (AvgIpc) is 2.76. The lowest BCUT2D eigenvalue weighted by molar-refractivity contribution is 0.218. The lowest BCUT2D eigenvalue weighted by Gasteiger charge is -2.28. The first-order valence-electron chi connectivity index (χ1n) is 6.40. The molecule has 0 heterocycles. The number of rotatable bonds is 4. The van der Waals surface area contributed by atoms with Crippen molar-refractivity contribution in [3.05, 3.63) is 28.2 Å². The SMILES string of the molecule is COc1ccc(Br)cc1CN(C)C1CCCC1N. The monoisotopic (exact) mass is 312 g/mol. The number of ether oxygens (including phenoxy) is 1. The van der Waals surface area contributed by atoms with Gasteiger partial charge < -0.3 is 10.5 Å². The normalized spacial score (nSPS) is 23.6. The summed E-state index contributed by atoms with van der Waals surface area (Å²) in [5.74, 6) is 0.941. The van der Waals surface area contributed by atoms with Crippen LogP contribution in [0.1, 0.15) is 24.8 Å². The number of methoxy groups -OCH3 is 1. The van der Waals surface area contributed by atoms with Crippen LogP contribution < -0.4 is 10.5 Å². The fraction of sp³-hybridized carbons (Fsp3) is 0.571. The first-order chi connectivity index (χ1) is 8.61. The topological polar surface area (TPSA) is 38.5 Å². The molecule has 0 radical (unpaired) electrons. The molecule has 0 aliphatic heterocycles. The van der Waals surface area contributed by atoms with Crippen molar-refractivity contribution >= 4 is 15.9 Å². The lowest BCUT2D eigenvalue weighted by Crippen LogP contribution is -2.41. The minimum absolute atomic E-state index is 0.313. The summed E-state index contributed by atoms with van der Waals surface area (Å²) in [5.41, 5.74) is 7.35. The molecule has 1 aliphatic rings. The molecule has 4 heteroatoms. The second-order valence-corrected chi connectivity index (χ2v) is 5.95. The maximum absolute atomic E-state index is 6.15. The van der Waals surface area contributed by atoms with Crippen LogP contribution >= 0.6 is 15.9 Å². The van der Waals surface area contributed by atoms with E-state index in [1.165, 1.54) is 18.4 Å². The Morgan fingerprint density at radius 1 is 1.44 bits per heavy atom. The summed E-state index contributed by atoms with van der Waals surface area (Å²) in [6.45, 7) is 0.876. The van der Waals surface area contributed by atoms with E-state index in [1.807, 2.05) is 12.1 Å². The maximum atomic E-state index is 6.15. The molecule has 1 saturated carbocycles. The summed E-state index contributed by atoms with van der Waals surface area (Å²) >= 11 is 3.51. The van der Waals surface area contributed by atoms with E-state index in [0.29, 0.717) is 12.1 Å². The lowest BCUT2D eigenvalue weighted by atomic mass is 10.1. The third kappa shape index (κ3) is 3.05. The Morgan fingerprint density at radius 3 is 2.83 bits per heavy atom. The van der Waals surface area contributed by atoms with Crippen LogP contribution in [0.25, 0.3) is 0 Å². The summed E-state index contributed by atoms with van der Waals surface area (Å²) in [7, 11) is 3.87. The zero-order valence-corrected chi connectivity index (χ0v) is 12.6. The van der Waals surface area contributed by atoms with Gasteiger partial charge in [-0.3, -0.25) is 4.90 Å². The molecule has 3 nitrogen and oxygen atoms in total. The number of nitrogens with zero attached hydrogens (tertiary/aromatic N) is 1.